The van der Waals surface area contributed by atoms with Crippen LogP contribution in [0.4, 0.5) is 15.8 Å². The molecule has 0 bridgehead atoms. The number of benzene rings is 2. The topological polar surface area (TPSA) is 58.6 Å². The van der Waals surface area contributed by atoms with E-state index < -0.39 is 5.82 Å². The summed E-state index contributed by atoms with van der Waals surface area (Å²) in [6.07, 6.45) is 1.61. The van der Waals surface area contributed by atoms with E-state index in [9.17, 15) is 14.0 Å². The minimum atomic E-state index is -0.457. The van der Waals surface area contributed by atoms with Gasteiger partial charge in [-0.15, -0.1) is 0 Å². The Bertz CT molecular complexity index is 786. The van der Waals surface area contributed by atoms with Gasteiger partial charge in [-0.2, -0.15) is 0 Å². The minimum absolute atomic E-state index is 0.0200. The van der Waals surface area contributed by atoms with Crippen LogP contribution in [-0.2, 0) is 9.53 Å². The zero-order valence-corrected chi connectivity index (χ0v) is 14.6. The van der Waals surface area contributed by atoms with Crippen LogP contribution in [-0.4, -0.2) is 31.1 Å². The Labute approximate surface area is 151 Å². The SMILES string of the molecule is CC(=O)N(c1ccc(NC(=O)c2cccc(F)c2)cc1)C1CCOCC1. The number of hydrogen-bond acceptors (Lipinski definition) is 3. The summed E-state index contributed by atoms with van der Waals surface area (Å²) in [6.45, 7) is 2.85. The van der Waals surface area contributed by atoms with E-state index in [-0.39, 0.29) is 23.4 Å². The van der Waals surface area contributed by atoms with Crippen LogP contribution < -0.4 is 10.2 Å². The Hall–Kier alpha value is -2.73. The molecule has 1 saturated heterocycles. The molecule has 1 aliphatic heterocycles. The van der Waals surface area contributed by atoms with Crippen molar-refractivity contribution in [1.29, 1.82) is 0 Å². The lowest BCUT2D eigenvalue weighted by Gasteiger charge is -2.33. The number of ether oxygens (including phenoxy) is 1. The number of rotatable bonds is 4. The highest BCUT2D eigenvalue weighted by molar-refractivity contribution is 6.04. The molecule has 0 saturated carbocycles. The fourth-order valence-electron chi connectivity index (χ4n) is 3.13. The van der Waals surface area contributed by atoms with E-state index in [1.165, 1.54) is 18.2 Å². The van der Waals surface area contributed by atoms with Gasteiger partial charge in [-0.05, 0) is 55.3 Å². The lowest BCUT2D eigenvalue weighted by molar-refractivity contribution is -0.117. The van der Waals surface area contributed by atoms with Crippen molar-refractivity contribution in [3.05, 3.63) is 59.9 Å². The molecule has 2 aromatic rings. The first kappa shape index (κ1) is 18.1. The first-order valence-corrected chi connectivity index (χ1v) is 8.59. The summed E-state index contributed by atoms with van der Waals surface area (Å²) in [5.74, 6) is -0.861. The second-order valence-corrected chi connectivity index (χ2v) is 6.24. The molecule has 0 unspecified atom stereocenters. The van der Waals surface area contributed by atoms with Crippen LogP contribution in [0.25, 0.3) is 0 Å². The van der Waals surface area contributed by atoms with Crippen molar-refractivity contribution in [2.24, 2.45) is 0 Å². The van der Waals surface area contributed by atoms with Gasteiger partial charge in [-0.25, -0.2) is 4.39 Å². The molecule has 0 aliphatic carbocycles. The number of carbonyl (C=O) groups is 2. The normalized spacial score (nSPS) is 14.7. The van der Waals surface area contributed by atoms with Gasteiger partial charge in [0.2, 0.25) is 5.91 Å². The second kappa shape index (κ2) is 8.10. The predicted octanol–water partition coefficient (Wildman–Crippen LogP) is 3.61. The monoisotopic (exact) mass is 356 g/mol. The summed E-state index contributed by atoms with van der Waals surface area (Å²) in [4.78, 5) is 26.1. The Morgan fingerprint density at radius 3 is 2.42 bits per heavy atom. The first-order chi connectivity index (χ1) is 12.5. The van der Waals surface area contributed by atoms with Gasteiger partial charge in [-0.1, -0.05) is 6.07 Å². The maximum Gasteiger partial charge on any atom is 0.255 e. The van der Waals surface area contributed by atoms with Gasteiger partial charge in [0.25, 0.3) is 5.91 Å². The zero-order valence-electron chi connectivity index (χ0n) is 14.6. The molecule has 3 rings (SSSR count). The van der Waals surface area contributed by atoms with Crippen LogP contribution in [0.3, 0.4) is 0 Å². The van der Waals surface area contributed by atoms with E-state index in [0.29, 0.717) is 18.9 Å². The molecule has 26 heavy (non-hydrogen) atoms. The number of hydrogen-bond donors (Lipinski definition) is 1. The van der Waals surface area contributed by atoms with Crippen LogP contribution in [0.2, 0.25) is 0 Å². The Morgan fingerprint density at radius 1 is 1.12 bits per heavy atom. The fourth-order valence-corrected chi connectivity index (χ4v) is 3.13. The van der Waals surface area contributed by atoms with Crippen molar-refractivity contribution in [2.45, 2.75) is 25.8 Å². The van der Waals surface area contributed by atoms with Gasteiger partial charge < -0.3 is 15.0 Å². The maximum atomic E-state index is 13.2. The van der Waals surface area contributed by atoms with Gasteiger partial charge >= 0.3 is 0 Å². The summed E-state index contributed by atoms with van der Waals surface area (Å²) >= 11 is 0. The van der Waals surface area contributed by atoms with E-state index >= 15 is 0 Å². The average Bonchev–Trinajstić information content (AvgIpc) is 2.64. The molecular weight excluding hydrogens is 335 g/mol. The third-order valence-corrected chi connectivity index (χ3v) is 4.39. The third-order valence-electron chi connectivity index (χ3n) is 4.39. The lowest BCUT2D eigenvalue weighted by Crippen LogP contribution is -2.42. The minimum Gasteiger partial charge on any atom is -0.381 e. The average molecular weight is 356 g/mol. The van der Waals surface area contributed by atoms with Crippen molar-refractivity contribution in [3.8, 4) is 0 Å². The summed E-state index contributed by atoms with van der Waals surface area (Å²) in [5.41, 5.74) is 1.62. The van der Waals surface area contributed by atoms with Gasteiger partial charge in [-0.3, -0.25) is 9.59 Å². The van der Waals surface area contributed by atoms with Crippen LogP contribution in [0.5, 0.6) is 0 Å². The predicted molar refractivity (Wildman–Crippen MR) is 97.8 cm³/mol. The highest BCUT2D eigenvalue weighted by Gasteiger charge is 2.24. The molecule has 1 N–H and O–H groups in total. The molecule has 1 fully saturated rings. The van der Waals surface area contributed by atoms with Crippen molar-refractivity contribution in [1.82, 2.24) is 0 Å². The third kappa shape index (κ3) is 4.26. The molecule has 1 aliphatic rings. The highest BCUT2D eigenvalue weighted by atomic mass is 19.1. The van der Waals surface area contributed by atoms with Crippen molar-refractivity contribution in [2.75, 3.05) is 23.4 Å². The summed E-state index contributed by atoms with van der Waals surface area (Å²) < 4.78 is 18.6. The fraction of sp³-hybridized carbons (Fsp3) is 0.300. The number of halogens is 1. The molecule has 6 heteroatoms. The molecule has 0 spiro atoms. The molecular formula is C20H21FN2O3. The van der Waals surface area contributed by atoms with E-state index in [1.807, 2.05) is 0 Å². The summed E-state index contributed by atoms with van der Waals surface area (Å²) in [5, 5.41) is 2.73. The molecule has 0 atom stereocenters. The Morgan fingerprint density at radius 2 is 1.81 bits per heavy atom. The second-order valence-electron chi connectivity index (χ2n) is 6.24. The van der Waals surface area contributed by atoms with Crippen LogP contribution in [0, 0.1) is 5.82 Å². The first-order valence-electron chi connectivity index (χ1n) is 8.59. The van der Waals surface area contributed by atoms with Gasteiger partial charge in [0.1, 0.15) is 5.82 Å². The number of amides is 2. The van der Waals surface area contributed by atoms with Crippen molar-refractivity contribution >= 4 is 23.2 Å². The largest absolute Gasteiger partial charge is 0.381 e. The van der Waals surface area contributed by atoms with E-state index in [4.69, 9.17) is 4.74 Å². The van der Waals surface area contributed by atoms with Gasteiger partial charge in [0.15, 0.2) is 0 Å². The van der Waals surface area contributed by atoms with E-state index in [1.54, 1.807) is 42.2 Å². The number of nitrogens with zero attached hydrogens (tertiary/aromatic N) is 1. The molecule has 2 aromatic carbocycles. The molecule has 0 aromatic heterocycles. The quantitative estimate of drug-likeness (QED) is 0.910. The molecule has 2 amide bonds. The number of anilines is 2. The molecule has 0 radical (unpaired) electrons. The van der Waals surface area contributed by atoms with Crippen LogP contribution in [0.15, 0.2) is 48.5 Å². The number of nitrogens with one attached hydrogen (secondary N) is 1. The van der Waals surface area contributed by atoms with E-state index in [2.05, 4.69) is 5.32 Å². The standard InChI is InChI=1S/C20H21FN2O3/c1-14(24)23(19-9-11-26-12-10-19)18-7-5-17(6-8-18)22-20(25)15-3-2-4-16(21)13-15/h2-8,13,19H,9-12H2,1H3,(H,22,25). The zero-order chi connectivity index (χ0) is 18.5. The van der Waals surface area contributed by atoms with Crippen molar-refractivity contribution < 1.29 is 18.7 Å². The van der Waals surface area contributed by atoms with Crippen molar-refractivity contribution in [3.63, 3.8) is 0 Å². The Kier molecular flexibility index (Phi) is 5.63. The van der Waals surface area contributed by atoms with Gasteiger partial charge in [0.05, 0.1) is 0 Å². The Balaban J connectivity index is 1.72. The molecule has 136 valence electrons. The maximum absolute atomic E-state index is 13.2. The van der Waals surface area contributed by atoms with Gasteiger partial charge in [0, 0.05) is 43.1 Å². The van der Waals surface area contributed by atoms with E-state index in [0.717, 1.165) is 18.5 Å². The molecule has 1 heterocycles. The van der Waals surface area contributed by atoms with Crippen LogP contribution >= 0.6 is 0 Å². The highest BCUT2D eigenvalue weighted by Crippen LogP contribution is 2.25. The number of carbonyl (C=O) groups excluding carboxylic acids is 2. The summed E-state index contributed by atoms with van der Waals surface area (Å²) in [7, 11) is 0. The molecule has 5 nitrogen and oxygen atoms in total. The summed E-state index contributed by atoms with van der Waals surface area (Å²) in [6, 6.07) is 12.7. The van der Waals surface area contributed by atoms with Crippen LogP contribution in [0.1, 0.15) is 30.1 Å². The smallest absolute Gasteiger partial charge is 0.255 e. The lowest BCUT2D eigenvalue weighted by atomic mass is 10.1.